The van der Waals surface area contributed by atoms with Gasteiger partial charge in [0.1, 0.15) is 0 Å². The summed E-state index contributed by atoms with van der Waals surface area (Å²) in [5.41, 5.74) is -1.86. The fourth-order valence-electron chi connectivity index (χ4n) is 1.54. The first-order chi connectivity index (χ1) is 8.79. The van der Waals surface area contributed by atoms with Gasteiger partial charge in [-0.1, -0.05) is 11.6 Å². The second-order valence-electron chi connectivity index (χ2n) is 3.64. The van der Waals surface area contributed by atoms with E-state index in [1.165, 1.54) is 17.1 Å². The summed E-state index contributed by atoms with van der Waals surface area (Å²) in [4.78, 5) is 10.9. The number of rotatable bonds is 2. The van der Waals surface area contributed by atoms with Crippen LogP contribution in [0.25, 0.3) is 5.69 Å². The molecule has 0 fully saturated rings. The molecule has 2 aromatic rings. The summed E-state index contributed by atoms with van der Waals surface area (Å²) in [6, 6.07) is 2.72. The minimum atomic E-state index is -4.73. The van der Waals surface area contributed by atoms with Gasteiger partial charge in [-0.15, -0.1) is 0 Å². The molecule has 0 radical (unpaired) electrons. The lowest BCUT2D eigenvalue weighted by Gasteiger charge is -2.11. The molecule has 100 valence electrons. The molecule has 0 unspecified atom stereocenters. The minimum Gasteiger partial charge on any atom is -0.478 e. The summed E-state index contributed by atoms with van der Waals surface area (Å²) >= 11 is 5.64. The highest BCUT2D eigenvalue weighted by molar-refractivity contribution is 6.30. The molecule has 0 aliphatic heterocycles. The molecule has 1 N–H and O–H groups in total. The van der Waals surface area contributed by atoms with Crippen molar-refractivity contribution in [2.75, 3.05) is 0 Å². The van der Waals surface area contributed by atoms with Crippen LogP contribution in [0.15, 0.2) is 30.6 Å². The number of halogens is 4. The zero-order valence-corrected chi connectivity index (χ0v) is 9.90. The predicted molar refractivity (Wildman–Crippen MR) is 60.5 cm³/mol. The van der Waals surface area contributed by atoms with E-state index in [1.54, 1.807) is 0 Å². The van der Waals surface area contributed by atoms with Crippen molar-refractivity contribution in [3.05, 3.63) is 46.7 Å². The lowest BCUT2D eigenvalue weighted by molar-refractivity contribution is -0.138. The van der Waals surface area contributed by atoms with Crippen molar-refractivity contribution in [1.82, 2.24) is 9.78 Å². The van der Waals surface area contributed by atoms with Gasteiger partial charge in [-0.25, -0.2) is 9.48 Å². The molecule has 1 aromatic heterocycles. The molecule has 2 rings (SSSR count). The number of carboxylic acids is 1. The Bertz CT molecular complexity index is 637. The monoisotopic (exact) mass is 290 g/mol. The van der Waals surface area contributed by atoms with Gasteiger partial charge in [-0.2, -0.15) is 18.3 Å². The van der Waals surface area contributed by atoms with Crippen LogP contribution in [0, 0.1) is 0 Å². The maximum Gasteiger partial charge on any atom is 0.417 e. The third kappa shape index (κ3) is 2.70. The summed E-state index contributed by atoms with van der Waals surface area (Å²) in [7, 11) is 0. The molecule has 0 saturated carbocycles. The van der Waals surface area contributed by atoms with E-state index in [2.05, 4.69) is 5.10 Å². The fraction of sp³-hybridized carbons (Fsp3) is 0.0909. The zero-order chi connectivity index (χ0) is 14.2. The van der Waals surface area contributed by atoms with E-state index in [0.717, 1.165) is 12.1 Å². The summed E-state index contributed by atoms with van der Waals surface area (Å²) < 4.78 is 39.1. The van der Waals surface area contributed by atoms with Gasteiger partial charge in [0.15, 0.2) is 0 Å². The Kier molecular flexibility index (Phi) is 3.23. The zero-order valence-electron chi connectivity index (χ0n) is 9.15. The summed E-state index contributed by atoms with van der Waals surface area (Å²) in [5.74, 6) is -1.66. The SMILES string of the molecule is O=C(O)c1cc(-n2cc(Cl)cn2)ccc1C(F)(F)F. The molecule has 0 amide bonds. The summed E-state index contributed by atoms with van der Waals surface area (Å²) in [5, 5.41) is 12.9. The first-order valence-corrected chi connectivity index (χ1v) is 5.32. The number of hydrogen-bond donors (Lipinski definition) is 1. The molecule has 1 aromatic carbocycles. The van der Waals surface area contributed by atoms with Crippen molar-refractivity contribution in [1.29, 1.82) is 0 Å². The topological polar surface area (TPSA) is 55.1 Å². The molecular formula is C11H6ClF3N2O2. The molecule has 19 heavy (non-hydrogen) atoms. The number of benzene rings is 1. The number of hydrogen-bond acceptors (Lipinski definition) is 2. The van der Waals surface area contributed by atoms with Crippen LogP contribution in [-0.2, 0) is 6.18 Å². The molecule has 0 spiro atoms. The summed E-state index contributed by atoms with van der Waals surface area (Å²) in [6.07, 6.45) is -2.08. The molecule has 0 bridgehead atoms. The molecule has 0 atom stereocenters. The Morgan fingerprint density at radius 1 is 1.37 bits per heavy atom. The second-order valence-corrected chi connectivity index (χ2v) is 4.07. The first-order valence-electron chi connectivity index (χ1n) is 4.94. The Hall–Kier alpha value is -2.02. The highest BCUT2D eigenvalue weighted by Crippen LogP contribution is 2.33. The lowest BCUT2D eigenvalue weighted by atomic mass is 10.1. The van der Waals surface area contributed by atoms with Crippen LogP contribution in [0.4, 0.5) is 13.2 Å². The highest BCUT2D eigenvalue weighted by atomic mass is 35.5. The number of carbonyl (C=O) groups is 1. The lowest BCUT2D eigenvalue weighted by Crippen LogP contribution is -2.13. The van der Waals surface area contributed by atoms with E-state index < -0.39 is 23.3 Å². The molecule has 0 aliphatic carbocycles. The van der Waals surface area contributed by atoms with Crippen LogP contribution in [0.5, 0.6) is 0 Å². The van der Waals surface area contributed by atoms with E-state index in [1.807, 2.05) is 0 Å². The van der Waals surface area contributed by atoms with Crippen LogP contribution < -0.4 is 0 Å². The van der Waals surface area contributed by atoms with Gasteiger partial charge < -0.3 is 5.11 Å². The largest absolute Gasteiger partial charge is 0.478 e. The highest BCUT2D eigenvalue weighted by Gasteiger charge is 2.35. The fourth-order valence-corrected chi connectivity index (χ4v) is 1.68. The number of aromatic carboxylic acids is 1. The van der Waals surface area contributed by atoms with Gasteiger partial charge in [0.25, 0.3) is 0 Å². The van der Waals surface area contributed by atoms with Crippen LogP contribution in [0.2, 0.25) is 5.02 Å². The van der Waals surface area contributed by atoms with Crippen LogP contribution >= 0.6 is 11.6 Å². The van der Waals surface area contributed by atoms with Gasteiger partial charge in [0, 0.05) is 6.20 Å². The second kappa shape index (κ2) is 4.58. The van der Waals surface area contributed by atoms with Crippen molar-refractivity contribution in [3.63, 3.8) is 0 Å². The van der Waals surface area contributed by atoms with Gasteiger partial charge in [0.05, 0.1) is 28.0 Å². The smallest absolute Gasteiger partial charge is 0.417 e. The summed E-state index contributed by atoms with van der Waals surface area (Å²) in [6.45, 7) is 0. The van der Waals surface area contributed by atoms with Crippen LogP contribution in [0.1, 0.15) is 15.9 Å². The van der Waals surface area contributed by atoms with E-state index in [-0.39, 0.29) is 10.7 Å². The van der Waals surface area contributed by atoms with Gasteiger partial charge >= 0.3 is 12.1 Å². The Balaban J connectivity index is 2.57. The van der Waals surface area contributed by atoms with Crippen molar-refractivity contribution in [2.24, 2.45) is 0 Å². The van der Waals surface area contributed by atoms with E-state index in [9.17, 15) is 18.0 Å². The van der Waals surface area contributed by atoms with Crippen LogP contribution in [-0.4, -0.2) is 20.9 Å². The standard InChI is InChI=1S/C11H6ClF3N2O2/c12-6-4-16-17(5-6)7-1-2-9(11(13,14)15)8(3-7)10(18)19/h1-5H,(H,18,19). The Morgan fingerprint density at radius 3 is 2.53 bits per heavy atom. The van der Waals surface area contributed by atoms with Gasteiger partial charge in [0.2, 0.25) is 0 Å². The average molecular weight is 291 g/mol. The van der Waals surface area contributed by atoms with Crippen molar-refractivity contribution >= 4 is 17.6 Å². The Labute approximate surface area is 110 Å². The third-order valence-electron chi connectivity index (χ3n) is 2.35. The van der Waals surface area contributed by atoms with Crippen molar-refractivity contribution in [3.8, 4) is 5.69 Å². The number of alkyl halides is 3. The van der Waals surface area contributed by atoms with E-state index in [4.69, 9.17) is 16.7 Å². The van der Waals surface area contributed by atoms with Crippen molar-refractivity contribution in [2.45, 2.75) is 6.18 Å². The van der Waals surface area contributed by atoms with Crippen LogP contribution in [0.3, 0.4) is 0 Å². The molecular weight excluding hydrogens is 285 g/mol. The normalized spacial score (nSPS) is 11.6. The number of carboxylic acid groups (broad SMARTS) is 1. The van der Waals surface area contributed by atoms with Gasteiger partial charge in [-0.3, -0.25) is 0 Å². The van der Waals surface area contributed by atoms with Gasteiger partial charge in [-0.05, 0) is 18.2 Å². The molecule has 8 heteroatoms. The quantitative estimate of drug-likeness (QED) is 0.924. The molecule has 0 aliphatic rings. The maximum absolute atomic E-state index is 12.6. The predicted octanol–water partition coefficient (Wildman–Crippen LogP) is 3.24. The minimum absolute atomic E-state index is 0.178. The number of nitrogens with zero attached hydrogens (tertiary/aromatic N) is 2. The van der Waals surface area contributed by atoms with E-state index in [0.29, 0.717) is 6.07 Å². The molecule has 4 nitrogen and oxygen atoms in total. The maximum atomic E-state index is 12.6. The average Bonchev–Trinajstić information content (AvgIpc) is 2.74. The number of aromatic nitrogens is 2. The third-order valence-corrected chi connectivity index (χ3v) is 2.55. The first kappa shape index (κ1) is 13.4. The Morgan fingerprint density at radius 2 is 2.05 bits per heavy atom. The molecule has 0 saturated heterocycles. The van der Waals surface area contributed by atoms with Crippen molar-refractivity contribution < 1.29 is 23.1 Å². The molecule has 1 heterocycles. The van der Waals surface area contributed by atoms with E-state index >= 15 is 0 Å².